The third-order valence-corrected chi connectivity index (χ3v) is 5.03. The predicted octanol–water partition coefficient (Wildman–Crippen LogP) is 4.71. The monoisotopic (exact) mass is 364 g/mol. The van der Waals surface area contributed by atoms with Crippen LogP contribution in [0.15, 0.2) is 90.0 Å². The summed E-state index contributed by atoms with van der Waals surface area (Å²) in [5.41, 5.74) is 7.69. The molecule has 2 N–H and O–H groups in total. The Labute approximate surface area is 161 Å². The second-order valence-corrected chi connectivity index (χ2v) is 6.71. The number of benzene rings is 4. The second-order valence-electron chi connectivity index (χ2n) is 6.71. The van der Waals surface area contributed by atoms with Gasteiger partial charge in [-0.3, -0.25) is 4.79 Å². The highest BCUT2D eigenvalue weighted by Crippen LogP contribution is 2.36. The molecule has 0 saturated carbocycles. The quantitative estimate of drug-likeness (QED) is 0.446. The maximum Gasteiger partial charge on any atom is 0.275 e. The van der Waals surface area contributed by atoms with E-state index >= 15 is 0 Å². The number of phenolic OH excluding ortho intramolecular Hbond substituents is 1. The number of carbonyl (C=O) groups excluding carboxylic acids is 1. The van der Waals surface area contributed by atoms with Crippen molar-refractivity contribution in [3.8, 4) is 16.9 Å². The van der Waals surface area contributed by atoms with Crippen molar-refractivity contribution >= 4 is 22.4 Å². The zero-order valence-electron chi connectivity index (χ0n) is 14.9. The van der Waals surface area contributed by atoms with Crippen molar-refractivity contribution in [1.29, 1.82) is 0 Å². The Bertz CT molecular complexity index is 1230. The minimum atomic E-state index is -0.447. The molecule has 4 aromatic rings. The number of fused-ring (bicyclic) bond motifs is 4. The van der Waals surface area contributed by atoms with Crippen molar-refractivity contribution in [2.24, 2.45) is 5.10 Å². The second kappa shape index (κ2) is 6.35. The number of amides is 1. The van der Waals surface area contributed by atoms with E-state index in [1.165, 1.54) is 0 Å². The first-order valence-electron chi connectivity index (χ1n) is 9.01. The van der Waals surface area contributed by atoms with Crippen LogP contribution < -0.4 is 5.43 Å². The van der Waals surface area contributed by atoms with Gasteiger partial charge in [-0.15, -0.1) is 0 Å². The van der Waals surface area contributed by atoms with Crippen LogP contribution in [-0.4, -0.2) is 16.7 Å². The Hall–Kier alpha value is -3.92. The number of hydrogen-bond acceptors (Lipinski definition) is 3. The number of phenols is 1. The molecule has 4 heteroatoms. The van der Waals surface area contributed by atoms with Gasteiger partial charge in [0.2, 0.25) is 0 Å². The molecule has 0 spiro atoms. The normalized spacial score (nSPS) is 11.8. The summed E-state index contributed by atoms with van der Waals surface area (Å²) in [6.07, 6.45) is 0. The van der Waals surface area contributed by atoms with Gasteiger partial charge in [0.05, 0.1) is 11.3 Å². The van der Waals surface area contributed by atoms with Crippen molar-refractivity contribution in [1.82, 2.24) is 5.43 Å². The fourth-order valence-corrected chi connectivity index (χ4v) is 3.69. The van der Waals surface area contributed by atoms with Crippen LogP contribution in [0.2, 0.25) is 0 Å². The number of nitrogens with zero attached hydrogens (tertiary/aromatic N) is 1. The van der Waals surface area contributed by atoms with Crippen molar-refractivity contribution in [3.63, 3.8) is 0 Å². The van der Waals surface area contributed by atoms with E-state index in [2.05, 4.69) is 10.5 Å². The highest BCUT2D eigenvalue weighted by molar-refractivity contribution is 6.24. The van der Waals surface area contributed by atoms with Crippen LogP contribution in [0.3, 0.4) is 0 Å². The molecule has 0 bridgehead atoms. The first-order valence-corrected chi connectivity index (χ1v) is 9.01. The standard InChI is InChI=1S/C24H16N2O2/c27-22-14-16-8-2-1-7-15(16)13-21(22)24(28)26-25-23-19-11-5-3-9-17(19)18-10-4-6-12-20(18)23/h1-14,27H,(H,26,28). The summed E-state index contributed by atoms with van der Waals surface area (Å²) >= 11 is 0. The molecule has 0 atom stereocenters. The summed E-state index contributed by atoms with van der Waals surface area (Å²) in [5, 5.41) is 16.4. The highest BCUT2D eigenvalue weighted by atomic mass is 16.3. The van der Waals surface area contributed by atoms with E-state index in [0.717, 1.165) is 38.7 Å². The Morgan fingerprint density at radius 2 is 1.21 bits per heavy atom. The Kier molecular flexibility index (Phi) is 3.69. The lowest BCUT2D eigenvalue weighted by molar-refractivity contribution is 0.0952. The van der Waals surface area contributed by atoms with Crippen molar-refractivity contribution in [2.45, 2.75) is 0 Å². The van der Waals surface area contributed by atoms with Crippen molar-refractivity contribution < 1.29 is 9.90 Å². The highest BCUT2D eigenvalue weighted by Gasteiger charge is 2.24. The van der Waals surface area contributed by atoms with Gasteiger partial charge in [0.1, 0.15) is 5.75 Å². The summed E-state index contributed by atoms with van der Waals surface area (Å²) in [4.78, 5) is 12.7. The molecule has 0 aliphatic heterocycles. The van der Waals surface area contributed by atoms with E-state index in [-0.39, 0.29) is 11.3 Å². The summed E-state index contributed by atoms with van der Waals surface area (Å²) in [6.45, 7) is 0. The SMILES string of the molecule is O=C(NN=C1c2ccccc2-c2ccccc21)c1cc2ccccc2cc1O. The smallest absolute Gasteiger partial charge is 0.275 e. The summed E-state index contributed by atoms with van der Waals surface area (Å²) in [7, 11) is 0. The minimum Gasteiger partial charge on any atom is -0.507 e. The van der Waals surface area contributed by atoms with Gasteiger partial charge in [-0.1, -0.05) is 72.8 Å². The minimum absolute atomic E-state index is 0.0661. The number of rotatable bonds is 2. The number of nitrogens with one attached hydrogen (secondary N) is 1. The molecule has 28 heavy (non-hydrogen) atoms. The molecule has 0 unspecified atom stereocenters. The maximum absolute atomic E-state index is 12.7. The average Bonchev–Trinajstić information content (AvgIpc) is 3.05. The molecule has 1 aliphatic carbocycles. The number of aromatic hydroxyl groups is 1. The topological polar surface area (TPSA) is 61.7 Å². The molecular formula is C24H16N2O2. The largest absolute Gasteiger partial charge is 0.507 e. The first kappa shape index (κ1) is 16.3. The molecule has 1 amide bonds. The van der Waals surface area contributed by atoms with Crippen LogP contribution in [0.4, 0.5) is 0 Å². The van der Waals surface area contributed by atoms with Crippen LogP contribution in [0, 0.1) is 0 Å². The molecule has 4 nitrogen and oxygen atoms in total. The van der Waals surface area contributed by atoms with Gasteiger partial charge in [0, 0.05) is 11.1 Å². The van der Waals surface area contributed by atoms with E-state index in [4.69, 9.17) is 0 Å². The van der Waals surface area contributed by atoms with E-state index < -0.39 is 5.91 Å². The first-order chi connectivity index (χ1) is 13.7. The van der Waals surface area contributed by atoms with Gasteiger partial charge in [0.15, 0.2) is 0 Å². The molecule has 0 radical (unpaired) electrons. The van der Waals surface area contributed by atoms with Crippen LogP contribution in [0.25, 0.3) is 21.9 Å². The van der Waals surface area contributed by atoms with Gasteiger partial charge < -0.3 is 5.11 Å². The zero-order valence-corrected chi connectivity index (χ0v) is 14.9. The third-order valence-electron chi connectivity index (χ3n) is 5.03. The van der Waals surface area contributed by atoms with Crippen LogP contribution in [0.5, 0.6) is 5.75 Å². The van der Waals surface area contributed by atoms with Gasteiger partial charge >= 0.3 is 0 Å². The number of carbonyl (C=O) groups is 1. The van der Waals surface area contributed by atoms with Gasteiger partial charge in [-0.25, -0.2) is 5.43 Å². The number of hydrazone groups is 1. The Balaban J connectivity index is 1.53. The zero-order chi connectivity index (χ0) is 19.1. The molecule has 0 heterocycles. The average molecular weight is 364 g/mol. The molecule has 0 fully saturated rings. The molecule has 5 rings (SSSR count). The molecule has 4 aromatic carbocycles. The molecule has 1 aliphatic rings. The maximum atomic E-state index is 12.7. The molecule has 0 saturated heterocycles. The summed E-state index contributed by atoms with van der Waals surface area (Å²) in [5.74, 6) is -0.513. The third kappa shape index (κ3) is 2.55. The van der Waals surface area contributed by atoms with Gasteiger partial charge in [-0.2, -0.15) is 5.10 Å². The van der Waals surface area contributed by atoms with E-state index in [1.807, 2.05) is 72.8 Å². The summed E-state index contributed by atoms with van der Waals surface area (Å²) in [6, 6.07) is 26.8. The molecule has 134 valence electrons. The van der Waals surface area contributed by atoms with E-state index in [9.17, 15) is 9.90 Å². The van der Waals surface area contributed by atoms with Crippen LogP contribution in [-0.2, 0) is 0 Å². The summed E-state index contributed by atoms with van der Waals surface area (Å²) < 4.78 is 0. The lowest BCUT2D eigenvalue weighted by atomic mass is 10.1. The fourth-order valence-electron chi connectivity index (χ4n) is 3.69. The van der Waals surface area contributed by atoms with Crippen molar-refractivity contribution in [3.05, 3.63) is 102 Å². The molecule has 0 aromatic heterocycles. The van der Waals surface area contributed by atoms with Gasteiger partial charge in [0.25, 0.3) is 5.91 Å². The lowest BCUT2D eigenvalue weighted by Gasteiger charge is -2.07. The lowest BCUT2D eigenvalue weighted by Crippen LogP contribution is -2.20. The van der Waals surface area contributed by atoms with Crippen LogP contribution in [0.1, 0.15) is 21.5 Å². The van der Waals surface area contributed by atoms with Crippen LogP contribution >= 0.6 is 0 Å². The molecular weight excluding hydrogens is 348 g/mol. The fraction of sp³-hybridized carbons (Fsp3) is 0. The Morgan fingerprint density at radius 3 is 1.82 bits per heavy atom. The predicted molar refractivity (Wildman–Crippen MR) is 111 cm³/mol. The van der Waals surface area contributed by atoms with Gasteiger partial charge in [-0.05, 0) is 34.0 Å². The Morgan fingerprint density at radius 1 is 0.714 bits per heavy atom. The van der Waals surface area contributed by atoms with E-state index in [0.29, 0.717) is 0 Å². The number of hydrogen-bond donors (Lipinski definition) is 2. The van der Waals surface area contributed by atoms with Crippen molar-refractivity contribution in [2.75, 3.05) is 0 Å². The van der Waals surface area contributed by atoms with E-state index in [1.54, 1.807) is 12.1 Å².